The van der Waals surface area contributed by atoms with Crippen molar-refractivity contribution in [3.8, 4) is 0 Å². The van der Waals surface area contributed by atoms with Crippen molar-refractivity contribution < 1.29 is 14.3 Å². The highest BCUT2D eigenvalue weighted by molar-refractivity contribution is 6.02. The Labute approximate surface area is 129 Å². The summed E-state index contributed by atoms with van der Waals surface area (Å²) in [5, 5.41) is 7.92. The molecule has 2 rings (SSSR count). The molecule has 1 aromatic heterocycles. The molecule has 118 valence electrons. The molecule has 1 heterocycles. The van der Waals surface area contributed by atoms with Gasteiger partial charge in [-0.15, -0.1) is 0 Å². The number of fused-ring (bicyclic) bond motifs is 1. The van der Waals surface area contributed by atoms with Gasteiger partial charge in [-0.05, 0) is 26.8 Å². The summed E-state index contributed by atoms with van der Waals surface area (Å²) in [7, 11) is 1.33. The SMILES string of the molecule is COC(=O)c1nn(CCC(=O)NC(C)(C)C)c2ccccc12. The molecular weight excluding hydrogens is 282 g/mol. The molecule has 0 spiro atoms. The lowest BCUT2D eigenvalue weighted by molar-refractivity contribution is -0.122. The third-order valence-corrected chi connectivity index (χ3v) is 3.10. The maximum Gasteiger partial charge on any atom is 0.359 e. The molecule has 1 aromatic carbocycles. The van der Waals surface area contributed by atoms with Crippen molar-refractivity contribution in [1.82, 2.24) is 15.1 Å². The van der Waals surface area contributed by atoms with Crippen LogP contribution in [0.25, 0.3) is 10.9 Å². The monoisotopic (exact) mass is 303 g/mol. The molecule has 6 heteroatoms. The van der Waals surface area contributed by atoms with Crippen molar-refractivity contribution in [2.75, 3.05) is 7.11 Å². The Bertz CT molecular complexity index is 698. The second kappa shape index (κ2) is 6.17. The van der Waals surface area contributed by atoms with Gasteiger partial charge in [-0.3, -0.25) is 9.48 Å². The Kier molecular flexibility index (Phi) is 4.49. The minimum absolute atomic E-state index is 0.0494. The number of para-hydroxylation sites is 1. The summed E-state index contributed by atoms with van der Waals surface area (Å²) in [4.78, 5) is 23.7. The van der Waals surface area contributed by atoms with Crippen molar-refractivity contribution >= 4 is 22.8 Å². The number of aromatic nitrogens is 2. The first kappa shape index (κ1) is 16.0. The van der Waals surface area contributed by atoms with Crippen LogP contribution < -0.4 is 5.32 Å². The summed E-state index contributed by atoms with van der Waals surface area (Å²) in [5.41, 5.74) is 0.821. The third-order valence-electron chi connectivity index (χ3n) is 3.10. The number of nitrogens with one attached hydrogen (secondary N) is 1. The highest BCUT2D eigenvalue weighted by Crippen LogP contribution is 2.19. The number of nitrogens with zero attached hydrogens (tertiary/aromatic N) is 2. The van der Waals surface area contributed by atoms with E-state index in [9.17, 15) is 9.59 Å². The lowest BCUT2D eigenvalue weighted by atomic mass is 10.1. The number of hydrogen-bond donors (Lipinski definition) is 1. The fourth-order valence-electron chi connectivity index (χ4n) is 2.23. The largest absolute Gasteiger partial charge is 0.464 e. The molecule has 1 N–H and O–H groups in total. The molecular formula is C16H21N3O3. The van der Waals surface area contributed by atoms with Crippen LogP contribution in [0.2, 0.25) is 0 Å². The number of rotatable bonds is 4. The summed E-state index contributed by atoms with van der Waals surface area (Å²) in [6, 6.07) is 7.40. The van der Waals surface area contributed by atoms with Crippen LogP contribution >= 0.6 is 0 Å². The molecule has 0 unspecified atom stereocenters. The Morgan fingerprint density at radius 2 is 1.95 bits per heavy atom. The van der Waals surface area contributed by atoms with Crippen LogP contribution in [-0.2, 0) is 16.1 Å². The third kappa shape index (κ3) is 3.63. The molecule has 22 heavy (non-hydrogen) atoms. The molecule has 1 amide bonds. The maximum atomic E-state index is 11.9. The smallest absolute Gasteiger partial charge is 0.359 e. The number of esters is 1. The number of benzene rings is 1. The molecule has 0 fully saturated rings. The molecule has 0 radical (unpaired) electrons. The molecule has 2 aromatic rings. The van der Waals surface area contributed by atoms with Gasteiger partial charge in [0.25, 0.3) is 0 Å². The summed E-state index contributed by atoms with van der Waals surface area (Å²) in [5.74, 6) is -0.527. The highest BCUT2D eigenvalue weighted by atomic mass is 16.5. The van der Waals surface area contributed by atoms with Crippen molar-refractivity contribution in [3.63, 3.8) is 0 Å². The highest BCUT2D eigenvalue weighted by Gasteiger charge is 2.18. The van der Waals surface area contributed by atoms with Gasteiger partial charge in [-0.1, -0.05) is 18.2 Å². The standard InChI is InChI=1S/C16H21N3O3/c1-16(2,3)17-13(20)9-10-19-12-8-6-5-7-11(12)14(18-19)15(21)22-4/h5-8H,9-10H2,1-4H3,(H,17,20). The lowest BCUT2D eigenvalue weighted by Crippen LogP contribution is -2.40. The molecule has 0 bridgehead atoms. The second-order valence-corrected chi connectivity index (χ2v) is 6.13. The van der Waals surface area contributed by atoms with Gasteiger partial charge in [0.15, 0.2) is 5.69 Å². The first-order valence-electron chi connectivity index (χ1n) is 7.16. The Balaban J connectivity index is 2.21. The summed E-state index contributed by atoms with van der Waals surface area (Å²) in [6.07, 6.45) is 0.295. The Hall–Kier alpha value is -2.37. The average Bonchev–Trinajstić information content (AvgIpc) is 2.81. The van der Waals surface area contributed by atoms with Crippen LogP contribution in [0.3, 0.4) is 0 Å². The zero-order valence-corrected chi connectivity index (χ0v) is 13.3. The zero-order chi connectivity index (χ0) is 16.3. The molecule has 0 saturated heterocycles. The van der Waals surface area contributed by atoms with E-state index in [2.05, 4.69) is 10.4 Å². The fourth-order valence-corrected chi connectivity index (χ4v) is 2.23. The van der Waals surface area contributed by atoms with Gasteiger partial charge in [-0.2, -0.15) is 5.10 Å². The Morgan fingerprint density at radius 3 is 2.59 bits per heavy atom. The minimum atomic E-state index is -0.478. The van der Waals surface area contributed by atoms with Crippen molar-refractivity contribution in [2.24, 2.45) is 0 Å². The zero-order valence-electron chi connectivity index (χ0n) is 13.3. The fraction of sp³-hybridized carbons (Fsp3) is 0.438. The van der Waals surface area contributed by atoms with Crippen LogP contribution in [0.4, 0.5) is 0 Å². The van der Waals surface area contributed by atoms with Crippen molar-refractivity contribution in [2.45, 2.75) is 39.3 Å². The molecule has 0 aliphatic carbocycles. The molecule has 0 atom stereocenters. The van der Waals surface area contributed by atoms with Crippen LogP contribution in [-0.4, -0.2) is 34.3 Å². The number of hydrogen-bond acceptors (Lipinski definition) is 4. The van der Waals surface area contributed by atoms with Crippen LogP contribution in [0.15, 0.2) is 24.3 Å². The normalized spacial score (nSPS) is 11.5. The van der Waals surface area contributed by atoms with Crippen molar-refractivity contribution in [3.05, 3.63) is 30.0 Å². The summed E-state index contributed by atoms with van der Waals surface area (Å²) >= 11 is 0. The topological polar surface area (TPSA) is 73.2 Å². The van der Waals surface area contributed by atoms with Gasteiger partial charge < -0.3 is 10.1 Å². The number of carbonyl (C=O) groups excluding carboxylic acids is 2. The predicted molar refractivity (Wildman–Crippen MR) is 83.6 cm³/mol. The number of aryl methyl sites for hydroxylation is 1. The number of methoxy groups -OCH3 is 1. The van der Waals surface area contributed by atoms with E-state index in [1.54, 1.807) is 4.68 Å². The van der Waals surface area contributed by atoms with Gasteiger partial charge in [0.1, 0.15) is 0 Å². The van der Waals surface area contributed by atoms with Crippen LogP contribution in [0.1, 0.15) is 37.7 Å². The Morgan fingerprint density at radius 1 is 1.27 bits per heavy atom. The molecule has 0 aliphatic rings. The van der Waals surface area contributed by atoms with Gasteiger partial charge in [-0.25, -0.2) is 4.79 Å². The second-order valence-electron chi connectivity index (χ2n) is 6.13. The number of carbonyl (C=O) groups is 2. The van der Waals surface area contributed by atoms with Gasteiger partial charge >= 0.3 is 5.97 Å². The lowest BCUT2D eigenvalue weighted by Gasteiger charge is -2.20. The maximum absolute atomic E-state index is 11.9. The average molecular weight is 303 g/mol. The molecule has 0 aliphatic heterocycles. The van der Waals surface area contributed by atoms with E-state index in [0.717, 1.165) is 10.9 Å². The van der Waals surface area contributed by atoms with E-state index in [4.69, 9.17) is 4.74 Å². The summed E-state index contributed by atoms with van der Waals surface area (Å²) < 4.78 is 6.43. The van der Waals surface area contributed by atoms with E-state index < -0.39 is 5.97 Å². The summed E-state index contributed by atoms with van der Waals surface area (Å²) in [6.45, 7) is 6.20. The van der Waals surface area contributed by atoms with Crippen molar-refractivity contribution in [1.29, 1.82) is 0 Å². The van der Waals surface area contributed by atoms with Gasteiger partial charge in [0.2, 0.25) is 5.91 Å². The van der Waals surface area contributed by atoms with E-state index in [0.29, 0.717) is 13.0 Å². The van der Waals surface area contributed by atoms with E-state index in [1.807, 2.05) is 45.0 Å². The van der Waals surface area contributed by atoms with Gasteiger partial charge in [0.05, 0.1) is 19.2 Å². The minimum Gasteiger partial charge on any atom is -0.464 e. The van der Waals surface area contributed by atoms with E-state index in [1.165, 1.54) is 7.11 Å². The first-order chi connectivity index (χ1) is 10.3. The van der Waals surface area contributed by atoms with Crippen LogP contribution in [0.5, 0.6) is 0 Å². The van der Waals surface area contributed by atoms with Gasteiger partial charge in [0, 0.05) is 17.3 Å². The van der Waals surface area contributed by atoms with Crippen LogP contribution in [0, 0.1) is 0 Å². The molecule has 0 saturated carbocycles. The number of ether oxygens (including phenoxy) is 1. The quantitative estimate of drug-likeness (QED) is 0.878. The predicted octanol–water partition coefficient (Wildman–Crippen LogP) is 2.13. The van der Waals surface area contributed by atoms with E-state index in [-0.39, 0.29) is 17.1 Å². The molecule has 6 nitrogen and oxygen atoms in total. The van der Waals surface area contributed by atoms with E-state index >= 15 is 0 Å². The number of amides is 1. The first-order valence-corrected chi connectivity index (χ1v) is 7.16.